The van der Waals surface area contributed by atoms with E-state index in [1.165, 1.54) is 0 Å². The fourth-order valence-corrected chi connectivity index (χ4v) is 3.14. The number of carbonyl (C=O) groups is 2. The number of piperidine rings is 1. The third kappa shape index (κ3) is 3.22. The van der Waals surface area contributed by atoms with Gasteiger partial charge < -0.3 is 20.1 Å². The number of carbonyl (C=O) groups excluding carboxylic acids is 2. The predicted octanol–water partition coefficient (Wildman–Crippen LogP) is 1.58. The normalized spacial score (nSPS) is 17.5. The number of benzene rings is 1. The topological polar surface area (TPSA) is 81.9 Å². The third-order valence-corrected chi connectivity index (χ3v) is 4.47. The molecule has 2 heterocycles. The number of rotatable bonds is 4. The van der Waals surface area contributed by atoms with Gasteiger partial charge in [0.25, 0.3) is 5.91 Å². The molecule has 2 N–H and O–H groups in total. The Morgan fingerprint density at radius 3 is 2.75 bits per heavy atom. The van der Waals surface area contributed by atoms with Gasteiger partial charge in [0.1, 0.15) is 6.61 Å². The van der Waals surface area contributed by atoms with Crippen molar-refractivity contribution >= 4 is 17.9 Å². The van der Waals surface area contributed by atoms with Crippen molar-refractivity contribution in [2.75, 3.05) is 26.3 Å². The van der Waals surface area contributed by atoms with Gasteiger partial charge in [-0.1, -0.05) is 12.1 Å². The van der Waals surface area contributed by atoms with E-state index >= 15 is 0 Å². The van der Waals surface area contributed by atoms with Gasteiger partial charge >= 0.3 is 0 Å². The molecule has 1 aromatic carbocycles. The van der Waals surface area contributed by atoms with Gasteiger partial charge in [-0.05, 0) is 31.9 Å². The average molecular weight is 330 g/mol. The summed E-state index contributed by atoms with van der Waals surface area (Å²) in [6, 6.07) is 5.65. The summed E-state index contributed by atoms with van der Waals surface area (Å²) in [5, 5.41) is 0. The lowest BCUT2D eigenvalue weighted by Crippen LogP contribution is -2.43. The highest BCUT2D eigenvalue weighted by Crippen LogP contribution is 2.36. The van der Waals surface area contributed by atoms with Gasteiger partial charge in [-0.15, -0.1) is 0 Å². The molecule has 1 saturated heterocycles. The molecule has 1 fully saturated rings. The van der Waals surface area contributed by atoms with Crippen molar-refractivity contribution in [1.29, 1.82) is 0 Å². The molecule has 2 aliphatic rings. The van der Waals surface area contributed by atoms with Crippen molar-refractivity contribution in [1.82, 2.24) is 4.90 Å². The number of nitrogens with two attached hydrogens (primary N) is 1. The van der Waals surface area contributed by atoms with Crippen LogP contribution in [0.1, 0.15) is 25.3 Å². The summed E-state index contributed by atoms with van der Waals surface area (Å²) >= 11 is 0. The van der Waals surface area contributed by atoms with Crippen LogP contribution in [0.25, 0.3) is 6.08 Å². The molecular weight excluding hydrogens is 308 g/mol. The van der Waals surface area contributed by atoms with Crippen LogP contribution in [0.15, 0.2) is 23.8 Å². The second-order valence-electron chi connectivity index (χ2n) is 6.03. The van der Waals surface area contributed by atoms with Gasteiger partial charge in [-0.2, -0.15) is 0 Å². The molecule has 128 valence electrons. The quantitative estimate of drug-likeness (QED) is 0.909. The Balaban J connectivity index is 1.73. The van der Waals surface area contributed by atoms with E-state index in [1.54, 1.807) is 4.90 Å². The van der Waals surface area contributed by atoms with Crippen molar-refractivity contribution in [2.24, 2.45) is 11.7 Å². The SMILES string of the molecule is CCOc1cccc2c1OCC(C(=O)N1CCC(C(N)=O)CC1)=C2. The number of likely N-dealkylation sites (tertiary alicyclic amines) is 1. The Morgan fingerprint density at radius 1 is 1.33 bits per heavy atom. The molecule has 1 aromatic rings. The molecule has 0 bridgehead atoms. The summed E-state index contributed by atoms with van der Waals surface area (Å²) in [5.41, 5.74) is 6.81. The maximum atomic E-state index is 12.7. The lowest BCUT2D eigenvalue weighted by atomic mass is 9.95. The van der Waals surface area contributed by atoms with Crippen LogP contribution in [0, 0.1) is 5.92 Å². The van der Waals surface area contributed by atoms with Crippen molar-refractivity contribution in [3.63, 3.8) is 0 Å². The van der Waals surface area contributed by atoms with E-state index in [9.17, 15) is 9.59 Å². The number of primary amides is 1. The highest BCUT2D eigenvalue weighted by Gasteiger charge is 2.29. The number of hydrogen-bond acceptors (Lipinski definition) is 4. The fraction of sp³-hybridized carbons (Fsp3) is 0.444. The number of fused-ring (bicyclic) bond motifs is 1. The molecule has 0 spiro atoms. The Morgan fingerprint density at radius 2 is 2.08 bits per heavy atom. The summed E-state index contributed by atoms with van der Waals surface area (Å²) in [4.78, 5) is 25.7. The van der Waals surface area contributed by atoms with Crippen molar-refractivity contribution in [2.45, 2.75) is 19.8 Å². The summed E-state index contributed by atoms with van der Waals surface area (Å²) < 4.78 is 11.3. The monoisotopic (exact) mass is 330 g/mol. The highest BCUT2D eigenvalue weighted by atomic mass is 16.5. The first-order valence-electron chi connectivity index (χ1n) is 8.28. The maximum Gasteiger partial charge on any atom is 0.253 e. The van der Waals surface area contributed by atoms with E-state index in [-0.39, 0.29) is 24.3 Å². The lowest BCUT2D eigenvalue weighted by molar-refractivity contribution is -0.131. The minimum Gasteiger partial charge on any atom is -0.490 e. The lowest BCUT2D eigenvalue weighted by Gasteiger charge is -2.32. The molecule has 0 unspecified atom stereocenters. The summed E-state index contributed by atoms with van der Waals surface area (Å²) in [7, 11) is 0. The second-order valence-corrected chi connectivity index (χ2v) is 6.03. The molecule has 24 heavy (non-hydrogen) atoms. The van der Waals surface area contributed by atoms with Crippen LogP contribution in [-0.4, -0.2) is 43.0 Å². The Labute approximate surface area is 141 Å². The zero-order valence-corrected chi connectivity index (χ0v) is 13.8. The molecule has 0 aliphatic carbocycles. The number of amides is 2. The van der Waals surface area contributed by atoms with Gasteiger partial charge in [-0.25, -0.2) is 0 Å². The predicted molar refractivity (Wildman–Crippen MR) is 89.6 cm³/mol. The standard InChI is InChI=1S/C18H22N2O4/c1-2-23-15-5-3-4-13-10-14(11-24-16(13)15)18(22)20-8-6-12(7-9-20)17(19)21/h3-5,10,12H,2,6-9,11H2,1H3,(H2,19,21). The summed E-state index contributed by atoms with van der Waals surface area (Å²) in [6.07, 6.45) is 3.12. The largest absolute Gasteiger partial charge is 0.490 e. The molecule has 0 atom stereocenters. The first kappa shape index (κ1) is 16.4. The van der Waals surface area contributed by atoms with Crippen LogP contribution in [0.5, 0.6) is 11.5 Å². The zero-order chi connectivity index (χ0) is 17.1. The van der Waals surface area contributed by atoms with Crippen molar-refractivity contribution in [3.05, 3.63) is 29.3 Å². The Hall–Kier alpha value is -2.50. The van der Waals surface area contributed by atoms with Crippen LogP contribution >= 0.6 is 0 Å². The molecule has 0 aromatic heterocycles. The van der Waals surface area contributed by atoms with Gasteiger partial charge in [0.2, 0.25) is 5.91 Å². The molecule has 6 nitrogen and oxygen atoms in total. The van der Waals surface area contributed by atoms with E-state index in [0.717, 1.165) is 5.56 Å². The number of ether oxygens (including phenoxy) is 2. The van der Waals surface area contributed by atoms with E-state index < -0.39 is 0 Å². The number of hydrogen-bond donors (Lipinski definition) is 1. The first-order valence-corrected chi connectivity index (χ1v) is 8.28. The molecule has 0 radical (unpaired) electrons. The summed E-state index contributed by atoms with van der Waals surface area (Å²) in [5.74, 6) is 0.938. The van der Waals surface area contributed by atoms with Crippen LogP contribution < -0.4 is 15.2 Å². The van der Waals surface area contributed by atoms with E-state index in [4.69, 9.17) is 15.2 Å². The first-order chi connectivity index (χ1) is 11.6. The molecule has 2 amide bonds. The number of nitrogens with zero attached hydrogens (tertiary/aromatic N) is 1. The number of para-hydroxylation sites is 1. The minimum atomic E-state index is -0.278. The van der Waals surface area contributed by atoms with E-state index in [1.807, 2.05) is 31.2 Å². The van der Waals surface area contributed by atoms with E-state index in [2.05, 4.69) is 0 Å². The van der Waals surface area contributed by atoms with Crippen LogP contribution in [0.4, 0.5) is 0 Å². The van der Waals surface area contributed by atoms with Crippen molar-refractivity contribution < 1.29 is 19.1 Å². The fourth-order valence-electron chi connectivity index (χ4n) is 3.14. The molecule has 2 aliphatic heterocycles. The van der Waals surface area contributed by atoms with E-state index in [0.29, 0.717) is 49.6 Å². The molecule has 3 rings (SSSR count). The zero-order valence-electron chi connectivity index (χ0n) is 13.8. The van der Waals surface area contributed by atoms with Gasteiger partial charge in [0.15, 0.2) is 11.5 Å². The molecule has 6 heteroatoms. The Kier molecular flexibility index (Phi) is 4.74. The molecular formula is C18H22N2O4. The molecule has 0 saturated carbocycles. The van der Waals surface area contributed by atoms with Crippen LogP contribution in [0.3, 0.4) is 0 Å². The van der Waals surface area contributed by atoms with Crippen LogP contribution in [-0.2, 0) is 9.59 Å². The summed E-state index contributed by atoms with van der Waals surface area (Å²) in [6.45, 7) is 3.81. The van der Waals surface area contributed by atoms with Crippen LogP contribution in [0.2, 0.25) is 0 Å². The smallest absolute Gasteiger partial charge is 0.253 e. The maximum absolute atomic E-state index is 12.7. The average Bonchev–Trinajstić information content (AvgIpc) is 2.61. The third-order valence-electron chi connectivity index (χ3n) is 4.47. The van der Waals surface area contributed by atoms with Crippen molar-refractivity contribution in [3.8, 4) is 11.5 Å². The minimum absolute atomic E-state index is 0.0367. The highest BCUT2D eigenvalue weighted by molar-refractivity contribution is 5.99. The second kappa shape index (κ2) is 6.95. The van der Waals surface area contributed by atoms with Gasteiger partial charge in [-0.3, -0.25) is 9.59 Å². The van der Waals surface area contributed by atoms with Gasteiger partial charge in [0, 0.05) is 24.6 Å². The van der Waals surface area contributed by atoms with Gasteiger partial charge in [0.05, 0.1) is 12.2 Å². The Bertz CT molecular complexity index is 676.